The molecule has 9 nitrogen and oxygen atoms in total. The normalized spacial score (nSPS) is 12.9. The number of nitrogens with zero attached hydrogens (tertiary/aromatic N) is 3. The third-order valence-electron chi connectivity index (χ3n) is 4.38. The number of aromatic nitrogens is 2. The number of amides is 1. The Bertz CT molecular complexity index is 715. The lowest BCUT2D eigenvalue weighted by Crippen LogP contribution is -2.49. The van der Waals surface area contributed by atoms with Crippen LogP contribution in [0.2, 0.25) is 10.1 Å². The van der Waals surface area contributed by atoms with Gasteiger partial charge in [0, 0.05) is 11.9 Å². The van der Waals surface area contributed by atoms with Gasteiger partial charge in [-0.2, -0.15) is 4.68 Å². The van der Waals surface area contributed by atoms with E-state index in [-0.39, 0.29) is 15.9 Å². The van der Waals surface area contributed by atoms with Gasteiger partial charge in [0.1, 0.15) is 14.4 Å². The van der Waals surface area contributed by atoms with E-state index < -0.39 is 25.4 Å². The number of nitrogens with one attached hydrogen (secondary N) is 1. The van der Waals surface area contributed by atoms with Crippen LogP contribution in [0.1, 0.15) is 62.3 Å². The van der Waals surface area contributed by atoms with E-state index in [0.29, 0.717) is 26.3 Å². The summed E-state index contributed by atoms with van der Waals surface area (Å²) in [7, 11) is -1.66. The molecule has 0 saturated heterocycles. The zero-order chi connectivity index (χ0) is 23.3. The minimum absolute atomic E-state index is 0.0299. The number of hydrogen-bond donors (Lipinski definition) is 1. The van der Waals surface area contributed by atoms with E-state index in [0.717, 1.165) is 5.32 Å². The average Bonchev–Trinajstić information content (AvgIpc) is 2.89. The summed E-state index contributed by atoms with van der Waals surface area (Å²) in [5, 5.41) is 19.2. The molecular weight excluding hydrogens is 404 g/mol. The standard InChI is InChI=1S/C20H38N4O5Si/c1-18(2,3)29-17(25)21-10-12-28-13-11-23-16(14-15(22-23)24(26)27)30(19(4,5)6)20(7,8)9/h14,30H,10-13H2,1-9H3,(H,21,25). The van der Waals surface area contributed by atoms with Crippen molar-refractivity contribution in [1.29, 1.82) is 0 Å². The van der Waals surface area contributed by atoms with Crippen molar-refractivity contribution in [3.63, 3.8) is 0 Å². The van der Waals surface area contributed by atoms with Crippen molar-refractivity contribution in [1.82, 2.24) is 15.1 Å². The molecule has 172 valence electrons. The van der Waals surface area contributed by atoms with Crippen LogP contribution in [0, 0.1) is 10.1 Å². The van der Waals surface area contributed by atoms with Gasteiger partial charge >= 0.3 is 11.9 Å². The van der Waals surface area contributed by atoms with E-state index in [2.05, 4.69) is 52.0 Å². The minimum atomic E-state index is -1.66. The van der Waals surface area contributed by atoms with Gasteiger partial charge in [-0.3, -0.25) is 0 Å². The zero-order valence-corrected chi connectivity index (χ0v) is 21.0. The molecule has 0 aliphatic heterocycles. The van der Waals surface area contributed by atoms with Crippen LogP contribution in [0.15, 0.2) is 6.07 Å². The number of carbonyl (C=O) groups excluding carboxylic acids is 1. The van der Waals surface area contributed by atoms with Crippen LogP contribution in [0.25, 0.3) is 0 Å². The molecule has 0 aliphatic carbocycles. The highest BCUT2D eigenvalue weighted by molar-refractivity contribution is 6.77. The Kier molecular flexibility index (Phi) is 8.62. The summed E-state index contributed by atoms with van der Waals surface area (Å²) in [5.41, 5.74) is -0.545. The average molecular weight is 443 g/mol. The molecule has 0 aliphatic rings. The molecule has 0 saturated carbocycles. The highest BCUT2D eigenvalue weighted by atomic mass is 28.3. The van der Waals surface area contributed by atoms with Crippen molar-refractivity contribution < 1.29 is 19.2 Å². The Hall–Kier alpha value is -1.94. The molecule has 1 rings (SSSR count). The molecule has 0 spiro atoms. The van der Waals surface area contributed by atoms with Gasteiger partial charge < -0.3 is 24.9 Å². The molecule has 10 heteroatoms. The van der Waals surface area contributed by atoms with Crippen molar-refractivity contribution in [2.45, 2.75) is 84.5 Å². The fourth-order valence-electron chi connectivity index (χ4n) is 3.90. The van der Waals surface area contributed by atoms with Crippen LogP contribution < -0.4 is 10.6 Å². The molecule has 0 bridgehead atoms. The number of rotatable bonds is 8. The molecule has 30 heavy (non-hydrogen) atoms. The molecule has 0 unspecified atom stereocenters. The predicted molar refractivity (Wildman–Crippen MR) is 120 cm³/mol. The van der Waals surface area contributed by atoms with Crippen molar-refractivity contribution >= 4 is 26.0 Å². The van der Waals surface area contributed by atoms with Gasteiger partial charge in [-0.15, -0.1) is 0 Å². The molecule has 1 aromatic heterocycles. The lowest BCUT2D eigenvalue weighted by Gasteiger charge is -2.38. The molecule has 0 radical (unpaired) electrons. The summed E-state index contributed by atoms with van der Waals surface area (Å²) in [6.45, 7) is 20.0. The fraction of sp³-hybridized carbons (Fsp3) is 0.800. The van der Waals surface area contributed by atoms with Crippen LogP contribution >= 0.6 is 0 Å². The van der Waals surface area contributed by atoms with Gasteiger partial charge in [0.15, 0.2) is 0 Å². The SMILES string of the molecule is CC(C)(C)OC(=O)NCCOCCn1nc([N+](=O)[O-])cc1[SiH](C(C)(C)C)C(C)(C)C. The molecule has 0 atom stereocenters. The topological polar surface area (TPSA) is 109 Å². The summed E-state index contributed by atoms with van der Waals surface area (Å²) in [6, 6.07) is 1.64. The van der Waals surface area contributed by atoms with Gasteiger partial charge in [0.2, 0.25) is 0 Å². The maximum Gasteiger partial charge on any atom is 0.407 e. The number of alkyl carbamates (subject to hydrolysis) is 1. The number of carbonyl (C=O) groups is 1. The maximum atomic E-state index is 11.6. The van der Waals surface area contributed by atoms with Gasteiger partial charge in [-0.1, -0.05) is 41.5 Å². The van der Waals surface area contributed by atoms with Gasteiger partial charge in [0.25, 0.3) is 0 Å². The molecule has 1 amide bonds. The van der Waals surface area contributed by atoms with Gasteiger partial charge in [-0.05, 0) is 35.8 Å². The Morgan fingerprint density at radius 1 is 1.13 bits per heavy atom. The largest absolute Gasteiger partial charge is 0.444 e. The van der Waals surface area contributed by atoms with Crippen LogP contribution in [-0.4, -0.2) is 55.0 Å². The minimum Gasteiger partial charge on any atom is -0.444 e. The number of ether oxygens (including phenoxy) is 2. The summed E-state index contributed by atoms with van der Waals surface area (Å²) in [6.07, 6.45) is -0.486. The number of nitro groups is 1. The Labute approximate surface area is 181 Å². The second-order valence-corrected chi connectivity index (χ2v) is 15.5. The fourth-order valence-corrected chi connectivity index (χ4v) is 9.07. The lowest BCUT2D eigenvalue weighted by molar-refractivity contribution is -0.389. The maximum absolute atomic E-state index is 11.6. The predicted octanol–water partition coefficient (Wildman–Crippen LogP) is 3.37. The second kappa shape index (κ2) is 9.91. The third kappa shape index (κ3) is 8.43. The van der Waals surface area contributed by atoms with Crippen LogP contribution in [-0.2, 0) is 16.0 Å². The summed E-state index contributed by atoms with van der Waals surface area (Å²) < 4.78 is 12.5. The quantitative estimate of drug-likeness (QED) is 0.286. The zero-order valence-electron chi connectivity index (χ0n) is 19.9. The van der Waals surface area contributed by atoms with E-state index in [1.165, 1.54) is 0 Å². The van der Waals surface area contributed by atoms with E-state index in [1.807, 2.05) is 0 Å². The molecule has 1 heterocycles. The van der Waals surface area contributed by atoms with Crippen molar-refractivity contribution in [3.05, 3.63) is 16.2 Å². The first kappa shape index (κ1) is 26.1. The third-order valence-corrected chi connectivity index (χ3v) is 8.90. The number of hydrogen-bond acceptors (Lipinski definition) is 6. The van der Waals surface area contributed by atoms with Crippen molar-refractivity contribution in [2.75, 3.05) is 19.8 Å². The summed E-state index contributed by atoms with van der Waals surface area (Å²) >= 11 is 0. The highest BCUT2D eigenvalue weighted by Gasteiger charge is 2.42. The van der Waals surface area contributed by atoms with Crippen LogP contribution in [0.4, 0.5) is 10.6 Å². The molecule has 0 aromatic carbocycles. The summed E-state index contributed by atoms with van der Waals surface area (Å²) in [4.78, 5) is 22.5. The first-order valence-electron chi connectivity index (χ1n) is 10.3. The molecule has 1 aromatic rings. The Morgan fingerprint density at radius 3 is 2.17 bits per heavy atom. The first-order valence-corrected chi connectivity index (χ1v) is 12.0. The second-order valence-electron chi connectivity index (χ2n) is 10.6. The van der Waals surface area contributed by atoms with E-state index in [9.17, 15) is 14.9 Å². The van der Waals surface area contributed by atoms with E-state index in [4.69, 9.17) is 9.47 Å². The molecular formula is C20H38N4O5Si. The Morgan fingerprint density at radius 2 is 1.70 bits per heavy atom. The smallest absolute Gasteiger partial charge is 0.407 e. The van der Waals surface area contributed by atoms with Crippen LogP contribution in [0.5, 0.6) is 0 Å². The summed E-state index contributed by atoms with van der Waals surface area (Å²) in [5.74, 6) is -0.123. The molecule has 1 N–H and O–H groups in total. The van der Waals surface area contributed by atoms with Crippen molar-refractivity contribution in [2.24, 2.45) is 0 Å². The monoisotopic (exact) mass is 442 g/mol. The van der Waals surface area contributed by atoms with Crippen molar-refractivity contribution in [3.8, 4) is 0 Å². The van der Waals surface area contributed by atoms with Gasteiger partial charge in [-0.25, -0.2) is 4.79 Å². The van der Waals surface area contributed by atoms with E-state index in [1.54, 1.807) is 31.5 Å². The van der Waals surface area contributed by atoms with E-state index >= 15 is 0 Å². The molecule has 0 fully saturated rings. The van der Waals surface area contributed by atoms with Gasteiger partial charge in [0.05, 0.1) is 30.9 Å². The lowest BCUT2D eigenvalue weighted by atomic mass is 10.2. The van der Waals surface area contributed by atoms with Crippen LogP contribution in [0.3, 0.4) is 0 Å². The Balaban J connectivity index is 2.76. The first-order chi connectivity index (χ1) is 13.5. The highest BCUT2D eigenvalue weighted by Crippen LogP contribution is 2.41.